The number of carbonyl (C=O) groups is 1. The van der Waals surface area contributed by atoms with Crippen molar-refractivity contribution >= 4 is 17.3 Å². The van der Waals surface area contributed by atoms with Gasteiger partial charge in [-0.25, -0.2) is 0 Å². The number of anilines is 1. The molecule has 1 unspecified atom stereocenters. The molecule has 1 fully saturated rings. The average molecular weight is 281 g/mol. The van der Waals surface area contributed by atoms with E-state index in [0.717, 1.165) is 6.07 Å². The number of carbonyl (C=O) groups excluding carboxylic acids is 1. The first-order valence-electron chi connectivity index (χ1n) is 6.14. The van der Waals surface area contributed by atoms with Crippen molar-refractivity contribution in [1.29, 1.82) is 0 Å². The lowest BCUT2D eigenvalue weighted by Gasteiger charge is -2.23. The van der Waals surface area contributed by atoms with Crippen molar-refractivity contribution in [3.05, 3.63) is 28.3 Å². The molecule has 1 atom stereocenters. The minimum absolute atomic E-state index is 0.0644. The zero-order valence-corrected chi connectivity index (χ0v) is 10.7. The van der Waals surface area contributed by atoms with Crippen LogP contribution >= 0.6 is 0 Å². The van der Waals surface area contributed by atoms with Gasteiger partial charge in [0.1, 0.15) is 11.4 Å². The van der Waals surface area contributed by atoms with Crippen molar-refractivity contribution in [2.45, 2.75) is 12.5 Å². The van der Waals surface area contributed by atoms with Gasteiger partial charge in [0.05, 0.1) is 24.2 Å². The number of hydrogen-bond acceptors (Lipinski definition) is 6. The Balaban J connectivity index is 2.01. The molecule has 0 spiro atoms. The molecule has 0 aromatic heterocycles. The molecule has 1 aliphatic heterocycles. The lowest BCUT2D eigenvalue weighted by atomic mass is 10.2. The largest absolute Gasteiger partial charge is 0.508 e. The van der Waals surface area contributed by atoms with Crippen LogP contribution in [0.3, 0.4) is 0 Å². The predicted octanol–water partition coefficient (Wildman–Crippen LogP) is 0.617. The molecule has 0 bridgehead atoms. The van der Waals surface area contributed by atoms with Gasteiger partial charge in [0.15, 0.2) is 0 Å². The number of amides is 1. The van der Waals surface area contributed by atoms with Crippen LogP contribution in [0.25, 0.3) is 0 Å². The summed E-state index contributed by atoms with van der Waals surface area (Å²) in [5, 5.41) is 25.7. The number of nitro groups is 1. The van der Waals surface area contributed by atoms with Crippen LogP contribution in [0.1, 0.15) is 6.42 Å². The van der Waals surface area contributed by atoms with Crippen LogP contribution in [-0.2, 0) is 9.53 Å². The van der Waals surface area contributed by atoms with Crippen molar-refractivity contribution < 1.29 is 19.6 Å². The van der Waals surface area contributed by atoms with Gasteiger partial charge < -0.3 is 20.5 Å². The van der Waals surface area contributed by atoms with Crippen LogP contribution in [0.15, 0.2) is 18.2 Å². The summed E-state index contributed by atoms with van der Waals surface area (Å²) in [6, 6.07) is 3.48. The van der Waals surface area contributed by atoms with Gasteiger partial charge in [0.25, 0.3) is 5.69 Å². The van der Waals surface area contributed by atoms with Crippen LogP contribution < -0.4 is 10.6 Å². The van der Waals surface area contributed by atoms with Crippen molar-refractivity contribution in [1.82, 2.24) is 5.32 Å². The molecule has 8 nitrogen and oxygen atoms in total. The van der Waals surface area contributed by atoms with E-state index in [1.165, 1.54) is 12.1 Å². The fourth-order valence-corrected chi connectivity index (χ4v) is 1.95. The number of phenolic OH excluding ortho intramolecular Hbond substituents is 1. The van der Waals surface area contributed by atoms with E-state index in [4.69, 9.17) is 4.74 Å². The number of morpholine rings is 1. The van der Waals surface area contributed by atoms with Gasteiger partial charge in [-0.15, -0.1) is 0 Å². The highest BCUT2D eigenvalue weighted by molar-refractivity contribution is 5.93. The van der Waals surface area contributed by atoms with E-state index < -0.39 is 4.92 Å². The van der Waals surface area contributed by atoms with Crippen LogP contribution in [0, 0.1) is 10.1 Å². The molecule has 108 valence electrons. The second kappa shape index (κ2) is 6.31. The summed E-state index contributed by atoms with van der Waals surface area (Å²) in [6.07, 6.45) is 0.165. The Kier molecular flexibility index (Phi) is 4.49. The third kappa shape index (κ3) is 3.65. The second-order valence-electron chi connectivity index (χ2n) is 4.44. The Bertz CT molecular complexity index is 514. The molecule has 1 saturated heterocycles. The van der Waals surface area contributed by atoms with Gasteiger partial charge in [0, 0.05) is 19.0 Å². The highest BCUT2D eigenvalue weighted by atomic mass is 16.6. The standard InChI is InChI=1S/C12H15N3O5/c16-9-1-2-10(11(6-9)15(18)19)14-12(17)5-8-7-20-4-3-13-8/h1-2,6,8,13,16H,3-5,7H2,(H,14,17). The fourth-order valence-electron chi connectivity index (χ4n) is 1.95. The molecule has 1 amide bonds. The first-order chi connectivity index (χ1) is 9.56. The molecule has 0 saturated carbocycles. The van der Waals surface area contributed by atoms with Crippen LogP contribution in [-0.4, -0.2) is 41.7 Å². The maximum atomic E-state index is 11.8. The molecular weight excluding hydrogens is 266 g/mol. The number of phenols is 1. The SMILES string of the molecule is O=C(CC1COCCN1)Nc1ccc(O)cc1[N+](=O)[O-]. The normalized spacial score (nSPS) is 18.5. The summed E-state index contributed by atoms with van der Waals surface area (Å²) in [5.74, 6) is -0.571. The Hall–Kier alpha value is -2.19. The monoisotopic (exact) mass is 281 g/mol. The van der Waals surface area contributed by atoms with E-state index >= 15 is 0 Å². The minimum Gasteiger partial charge on any atom is -0.508 e. The average Bonchev–Trinajstić information content (AvgIpc) is 2.41. The number of nitro benzene ring substituents is 1. The van der Waals surface area contributed by atoms with E-state index in [1.54, 1.807) is 0 Å². The van der Waals surface area contributed by atoms with Crippen molar-refractivity contribution in [3.63, 3.8) is 0 Å². The molecule has 1 aromatic carbocycles. The summed E-state index contributed by atoms with van der Waals surface area (Å²) in [4.78, 5) is 22.0. The van der Waals surface area contributed by atoms with Gasteiger partial charge in [-0.2, -0.15) is 0 Å². The Labute approximate surface area is 114 Å². The van der Waals surface area contributed by atoms with E-state index in [9.17, 15) is 20.0 Å². The summed E-state index contributed by atoms with van der Waals surface area (Å²) < 4.78 is 5.23. The quantitative estimate of drug-likeness (QED) is 0.423. The topological polar surface area (TPSA) is 114 Å². The number of nitrogens with zero attached hydrogens (tertiary/aromatic N) is 1. The highest BCUT2D eigenvalue weighted by Gasteiger charge is 2.20. The van der Waals surface area contributed by atoms with E-state index in [2.05, 4.69) is 10.6 Å². The van der Waals surface area contributed by atoms with Crippen molar-refractivity contribution in [2.75, 3.05) is 25.1 Å². The number of hydrogen-bond donors (Lipinski definition) is 3. The maximum absolute atomic E-state index is 11.8. The highest BCUT2D eigenvalue weighted by Crippen LogP contribution is 2.28. The molecule has 1 heterocycles. The lowest BCUT2D eigenvalue weighted by molar-refractivity contribution is -0.384. The smallest absolute Gasteiger partial charge is 0.296 e. The molecule has 0 radical (unpaired) electrons. The third-order valence-corrected chi connectivity index (χ3v) is 2.88. The van der Waals surface area contributed by atoms with Crippen LogP contribution in [0.4, 0.5) is 11.4 Å². The Morgan fingerprint density at radius 1 is 1.60 bits per heavy atom. The summed E-state index contributed by atoms with van der Waals surface area (Å²) in [7, 11) is 0. The summed E-state index contributed by atoms with van der Waals surface area (Å²) >= 11 is 0. The Morgan fingerprint density at radius 2 is 2.40 bits per heavy atom. The molecule has 1 aliphatic rings. The number of rotatable bonds is 4. The van der Waals surface area contributed by atoms with Crippen molar-refractivity contribution in [2.24, 2.45) is 0 Å². The zero-order chi connectivity index (χ0) is 14.5. The third-order valence-electron chi connectivity index (χ3n) is 2.88. The van der Waals surface area contributed by atoms with Crippen LogP contribution in [0.2, 0.25) is 0 Å². The van der Waals surface area contributed by atoms with Gasteiger partial charge in [-0.3, -0.25) is 14.9 Å². The summed E-state index contributed by atoms with van der Waals surface area (Å²) in [6.45, 7) is 1.73. The fraction of sp³-hybridized carbons (Fsp3) is 0.417. The molecule has 1 aromatic rings. The van der Waals surface area contributed by atoms with Crippen molar-refractivity contribution in [3.8, 4) is 5.75 Å². The molecule has 8 heteroatoms. The summed E-state index contributed by atoms with van der Waals surface area (Å²) in [5.41, 5.74) is -0.277. The van der Waals surface area contributed by atoms with E-state index in [1.807, 2.05) is 0 Å². The van der Waals surface area contributed by atoms with Gasteiger partial charge >= 0.3 is 0 Å². The van der Waals surface area contributed by atoms with Crippen LogP contribution in [0.5, 0.6) is 5.75 Å². The molecule has 0 aliphatic carbocycles. The zero-order valence-electron chi connectivity index (χ0n) is 10.7. The van der Waals surface area contributed by atoms with Gasteiger partial charge in [0.2, 0.25) is 5.91 Å². The molecular formula is C12H15N3O5. The second-order valence-corrected chi connectivity index (χ2v) is 4.44. The maximum Gasteiger partial charge on any atom is 0.296 e. The number of ether oxygens (including phenoxy) is 1. The predicted molar refractivity (Wildman–Crippen MR) is 70.6 cm³/mol. The number of nitrogens with one attached hydrogen (secondary N) is 2. The number of aromatic hydroxyl groups is 1. The van der Waals surface area contributed by atoms with E-state index in [-0.39, 0.29) is 35.5 Å². The lowest BCUT2D eigenvalue weighted by Crippen LogP contribution is -2.43. The first-order valence-corrected chi connectivity index (χ1v) is 6.14. The number of benzene rings is 1. The molecule has 2 rings (SSSR count). The Morgan fingerprint density at radius 3 is 3.05 bits per heavy atom. The molecule has 20 heavy (non-hydrogen) atoms. The minimum atomic E-state index is -0.655. The molecule has 3 N–H and O–H groups in total. The van der Waals surface area contributed by atoms with Gasteiger partial charge in [-0.05, 0) is 12.1 Å². The van der Waals surface area contributed by atoms with E-state index in [0.29, 0.717) is 19.8 Å². The van der Waals surface area contributed by atoms with Gasteiger partial charge in [-0.1, -0.05) is 0 Å². The first kappa shape index (κ1) is 14.2.